The summed E-state index contributed by atoms with van der Waals surface area (Å²) in [5.74, 6) is -0.0911. The molecule has 1 aliphatic rings. The molecule has 0 spiro atoms. The first kappa shape index (κ1) is 16.3. The van der Waals surface area contributed by atoms with Crippen molar-refractivity contribution in [3.8, 4) is 0 Å². The molecule has 0 radical (unpaired) electrons. The van der Waals surface area contributed by atoms with Crippen molar-refractivity contribution in [3.05, 3.63) is 59.1 Å². The zero-order valence-electron chi connectivity index (χ0n) is 13.1. The van der Waals surface area contributed by atoms with Crippen molar-refractivity contribution in [2.24, 2.45) is 0 Å². The monoisotopic (exact) mass is 343 g/mol. The molecule has 0 aromatic heterocycles. The second-order valence-electron chi connectivity index (χ2n) is 5.63. The minimum Gasteiger partial charge on any atom is -0.360 e. The van der Waals surface area contributed by atoms with Crippen LogP contribution < -0.4 is 15.5 Å². The van der Waals surface area contributed by atoms with Crippen LogP contribution in [0.25, 0.3) is 0 Å². The number of carbonyl (C=O) groups excluding carboxylic acids is 2. The minimum atomic E-state index is -0.117. The summed E-state index contributed by atoms with van der Waals surface area (Å²) in [5.41, 5.74) is 2.49. The second kappa shape index (κ2) is 7.36. The summed E-state index contributed by atoms with van der Waals surface area (Å²) in [5, 5.41) is 6.25. The van der Waals surface area contributed by atoms with E-state index >= 15 is 0 Å². The Morgan fingerprint density at radius 3 is 2.62 bits per heavy atom. The number of hydrogen-bond acceptors (Lipinski definition) is 3. The molecule has 2 aromatic carbocycles. The average molecular weight is 344 g/mol. The second-order valence-corrected chi connectivity index (χ2v) is 6.04. The van der Waals surface area contributed by atoms with E-state index in [1.807, 2.05) is 47.4 Å². The maximum absolute atomic E-state index is 12.1. The zero-order valence-corrected chi connectivity index (χ0v) is 13.8. The molecule has 0 unspecified atom stereocenters. The summed E-state index contributed by atoms with van der Waals surface area (Å²) in [6.07, 6.45) is 0.230. The number of amides is 2. The zero-order chi connectivity index (χ0) is 16.9. The molecule has 1 fully saturated rings. The van der Waals surface area contributed by atoms with Gasteiger partial charge in [-0.25, -0.2) is 0 Å². The molecule has 1 saturated heterocycles. The van der Waals surface area contributed by atoms with Crippen LogP contribution in [0.3, 0.4) is 0 Å². The summed E-state index contributed by atoms with van der Waals surface area (Å²) in [6, 6.07) is 14.8. The molecule has 24 heavy (non-hydrogen) atoms. The number of piperazine rings is 1. The van der Waals surface area contributed by atoms with Crippen LogP contribution in [0.1, 0.15) is 5.56 Å². The van der Waals surface area contributed by atoms with Gasteiger partial charge in [-0.2, -0.15) is 0 Å². The van der Waals surface area contributed by atoms with E-state index in [1.54, 1.807) is 6.07 Å². The van der Waals surface area contributed by atoms with Gasteiger partial charge >= 0.3 is 0 Å². The standard InChI is InChI=1S/C18H18ClN3O2/c19-16-4-2-1-3-13(16)11-17(23)21-14-5-7-15(8-6-14)22-10-9-20-18(24)12-22/h1-8H,9-12H2,(H,20,24)(H,21,23). The summed E-state index contributed by atoms with van der Waals surface area (Å²) < 4.78 is 0. The molecule has 2 aromatic rings. The normalized spacial score (nSPS) is 14.2. The van der Waals surface area contributed by atoms with Crippen LogP contribution in [0.15, 0.2) is 48.5 Å². The Balaban J connectivity index is 1.60. The molecule has 0 saturated carbocycles. The van der Waals surface area contributed by atoms with Gasteiger partial charge in [-0.1, -0.05) is 29.8 Å². The number of halogens is 1. The SMILES string of the molecule is O=C1CN(c2ccc(NC(=O)Cc3ccccc3Cl)cc2)CCN1. The highest BCUT2D eigenvalue weighted by Gasteiger charge is 2.16. The lowest BCUT2D eigenvalue weighted by Crippen LogP contribution is -2.47. The van der Waals surface area contributed by atoms with E-state index in [0.717, 1.165) is 23.5 Å². The molecule has 1 aliphatic heterocycles. The summed E-state index contributed by atoms with van der Waals surface area (Å²) in [4.78, 5) is 25.6. The first-order chi connectivity index (χ1) is 11.6. The lowest BCUT2D eigenvalue weighted by molar-refractivity contribution is -0.120. The van der Waals surface area contributed by atoms with Crippen molar-refractivity contribution in [1.29, 1.82) is 0 Å². The van der Waals surface area contributed by atoms with E-state index in [1.165, 1.54) is 0 Å². The summed E-state index contributed by atoms with van der Waals surface area (Å²) >= 11 is 6.07. The first-order valence-electron chi connectivity index (χ1n) is 7.77. The topological polar surface area (TPSA) is 61.4 Å². The van der Waals surface area contributed by atoms with Gasteiger partial charge in [0.1, 0.15) is 0 Å². The van der Waals surface area contributed by atoms with Crippen LogP contribution in [0.2, 0.25) is 5.02 Å². The molecule has 3 rings (SSSR count). The van der Waals surface area contributed by atoms with Gasteiger partial charge in [0, 0.05) is 29.5 Å². The molecule has 2 amide bonds. The van der Waals surface area contributed by atoms with Crippen LogP contribution in [0, 0.1) is 0 Å². The van der Waals surface area contributed by atoms with E-state index in [9.17, 15) is 9.59 Å². The van der Waals surface area contributed by atoms with E-state index in [4.69, 9.17) is 11.6 Å². The maximum Gasteiger partial charge on any atom is 0.239 e. The van der Waals surface area contributed by atoms with Crippen LogP contribution in [-0.2, 0) is 16.0 Å². The van der Waals surface area contributed by atoms with Gasteiger partial charge in [-0.15, -0.1) is 0 Å². The van der Waals surface area contributed by atoms with Crippen molar-refractivity contribution >= 4 is 34.8 Å². The number of carbonyl (C=O) groups is 2. The number of anilines is 2. The molecular formula is C18H18ClN3O2. The number of hydrogen-bond donors (Lipinski definition) is 2. The molecule has 1 heterocycles. The van der Waals surface area contributed by atoms with Gasteiger partial charge in [0.25, 0.3) is 0 Å². The number of nitrogens with one attached hydrogen (secondary N) is 2. The highest BCUT2D eigenvalue weighted by Crippen LogP contribution is 2.20. The van der Waals surface area contributed by atoms with Crippen LogP contribution in [0.5, 0.6) is 0 Å². The number of rotatable bonds is 4. The Labute approximate surface area is 145 Å². The fourth-order valence-corrected chi connectivity index (χ4v) is 2.84. The molecule has 0 atom stereocenters. The summed E-state index contributed by atoms with van der Waals surface area (Å²) in [7, 11) is 0. The van der Waals surface area contributed by atoms with Crippen molar-refractivity contribution in [2.75, 3.05) is 29.9 Å². The Hall–Kier alpha value is -2.53. The molecule has 0 bridgehead atoms. The highest BCUT2D eigenvalue weighted by molar-refractivity contribution is 6.31. The van der Waals surface area contributed by atoms with Crippen molar-refractivity contribution < 1.29 is 9.59 Å². The highest BCUT2D eigenvalue weighted by atomic mass is 35.5. The van der Waals surface area contributed by atoms with Crippen molar-refractivity contribution in [1.82, 2.24) is 5.32 Å². The van der Waals surface area contributed by atoms with Gasteiger partial charge in [0.05, 0.1) is 13.0 Å². The smallest absolute Gasteiger partial charge is 0.239 e. The Bertz CT molecular complexity index is 746. The third kappa shape index (κ3) is 4.06. The fourth-order valence-electron chi connectivity index (χ4n) is 2.63. The van der Waals surface area contributed by atoms with Gasteiger partial charge in [0.2, 0.25) is 11.8 Å². The first-order valence-corrected chi connectivity index (χ1v) is 8.14. The van der Waals surface area contributed by atoms with E-state index < -0.39 is 0 Å². The Morgan fingerprint density at radius 1 is 1.17 bits per heavy atom. The molecule has 2 N–H and O–H groups in total. The molecule has 0 aliphatic carbocycles. The van der Waals surface area contributed by atoms with Crippen molar-refractivity contribution in [2.45, 2.75) is 6.42 Å². The Kier molecular flexibility index (Phi) is 5.01. The predicted molar refractivity (Wildman–Crippen MR) is 95.5 cm³/mol. The number of benzene rings is 2. The minimum absolute atomic E-state index is 0.0263. The van der Waals surface area contributed by atoms with E-state index in [-0.39, 0.29) is 18.2 Å². The van der Waals surface area contributed by atoms with Crippen LogP contribution in [-0.4, -0.2) is 31.4 Å². The van der Waals surface area contributed by atoms with Gasteiger partial charge < -0.3 is 15.5 Å². The van der Waals surface area contributed by atoms with E-state index in [2.05, 4.69) is 10.6 Å². The third-order valence-electron chi connectivity index (χ3n) is 3.86. The van der Waals surface area contributed by atoms with Gasteiger partial charge in [-0.05, 0) is 35.9 Å². The molecule has 6 heteroatoms. The van der Waals surface area contributed by atoms with Crippen LogP contribution >= 0.6 is 11.6 Å². The largest absolute Gasteiger partial charge is 0.360 e. The third-order valence-corrected chi connectivity index (χ3v) is 4.23. The molecular weight excluding hydrogens is 326 g/mol. The lowest BCUT2D eigenvalue weighted by atomic mass is 10.1. The maximum atomic E-state index is 12.1. The van der Waals surface area contributed by atoms with Gasteiger partial charge in [0.15, 0.2) is 0 Å². The lowest BCUT2D eigenvalue weighted by Gasteiger charge is -2.28. The van der Waals surface area contributed by atoms with E-state index in [0.29, 0.717) is 18.1 Å². The summed E-state index contributed by atoms with van der Waals surface area (Å²) in [6.45, 7) is 1.79. The molecule has 124 valence electrons. The molecule has 5 nitrogen and oxygen atoms in total. The predicted octanol–water partition coefficient (Wildman–Crippen LogP) is 2.46. The number of nitrogens with zero attached hydrogens (tertiary/aromatic N) is 1. The van der Waals surface area contributed by atoms with Gasteiger partial charge in [-0.3, -0.25) is 9.59 Å². The Morgan fingerprint density at radius 2 is 1.92 bits per heavy atom. The van der Waals surface area contributed by atoms with Crippen LogP contribution in [0.4, 0.5) is 11.4 Å². The fraction of sp³-hybridized carbons (Fsp3) is 0.222. The average Bonchev–Trinajstić information content (AvgIpc) is 2.58. The quantitative estimate of drug-likeness (QED) is 0.896. The van der Waals surface area contributed by atoms with Crippen molar-refractivity contribution in [3.63, 3.8) is 0 Å².